The number of nitro groups is 1. The lowest BCUT2D eigenvalue weighted by molar-refractivity contribution is -0.384. The molecule has 0 aliphatic rings. The van der Waals surface area contributed by atoms with Gasteiger partial charge in [-0.25, -0.2) is 4.79 Å². The van der Waals surface area contributed by atoms with Crippen LogP contribution in [0.25, 0.3) is 0 Å². The van der Waals surface area contributed by atoms with Gasteiger partial charge in [0.05, 0.1) is 22.6 Å². The van der Waals surface area contributed by atoms with Crippen molar-refractivity contribution in [3.8, 4) is 0 Å². The minimum Gasteiger partial charge on any atom is -0.467 e. The first kappa shape index (κ1) is 18.2. The van der Waals surface area contributed by atoms with Crippen LogP contribution in [-0.4, -0.2) is 42.0 Å². The molecule has 120 valence electrons. The van der Waals surface area contributed by atoms with Gasteiger partial charge in [-0.05, 0) is 24.5 Å². The number of esters is 1. The molecular weight excluding hydrogens is 332 g/mol. The number of nitrogens with zero attached hydrogens (tertiary/aromatic N) is 1. The lowest BCUT2D eigenvalue weighted by Crippen LogP contribution is -2.42. The zero-order valence-corrected chi connectivity index (χ0v) is 13.6. The number of thioether (sulfide) groups is 1. The van der Waals surface area contributed by atoms with E-state index in [9.17, 15) is 19.7 Å². The zero-order valence-electron chi connectivity index (χ0n) is 12.0. The van der Waals surface area contributed by atoms with Crippen LogP contribution >= 0.6 is 23.4 Å². The summed E-state index contributed by atoms with van der Waals surface area (Å²) in [6, 6.07) is 2.70. The smallest absolute Gasteiger partial charge is 0.328 e. The number of benzene rings is 1. The number of methoxy groups -OCH3 is 1. The van der Waals surface area contributed by atoms with Crippen LogP contribution in [0.1, 0.15) is 16.8 Å². The normalized spacial score (nSPS) is 11.6. The average Bonchev–Trinajstić information content (AvgIpc) is 2.50. The predicted octanol–water partition coefficient (Wildman–Crippen LogP) is 2.27. The summed E-state index contributed by atoms with van der Waals surface area (Å²) >= 11 is 7.41. The van der Waals surface area contributed by atoms with Crippen LogP contribution in [-0.2, 0) is 9.53 Å². The van der Waals surface area contributed by atoms with E-state index in [-0.39, 0.29) is 16.3 Å². The lowest BCUT2D eigenvalue weighted by atomic mass is 10.1. The Bertz CT molecular complexity index is 582. The summed E-state index contributed by atoms with van der Waals surface area (Å²) in [6.45, 7) is 0. The van der Waals surface area contributed by atoms with E-state index in [1.54, 1.807) is 0 Å². The first-order chi connectivity index (χ1) is 10.4. The van der Waals surface area contributed by atoms with Gasteiger partial charge in [-0.1, -0.05) is 11.6 Å². The Morgan fingerprint density at radius 3 is 2.73 bits per heavy atom. The van der Waals surface area contributed by atoms with Crippen molar-refractivity contribution < 1.29 is 19.2 Å². The summed E-state index contributed by atoms with van der Waals surface area (Å²) < 4.78 is 4.63. The van der Waals surface area contributed by atoms with E-state index in [0.29, 0.717) is 12.2 Å². The average molecular weight is 347 g/mol. The van der Waals surface area contributed by atoms with Crippen molar-refractivity contribution in [3.05, 3.63) is 38.9 Å². The molecule has 1 aromatic carbocycles. The first-order valence-electron chi connectivity index (χ1n) is 6.22. The second-order valence-electron chi connectivity index (χ2n) is 4.25. The molecule has 0 heterocycles. The molecule has 0 saturated heterocycles. The van der Waals surface area contributed by atoms with Crippen molar-refractivity contribution in [2.24, 2.45) is 0 Å². The number of non-ortho nitro benzene ring substituents is 1. The van der Waals surface area contributed by atoms with Crippen LogP contribution in [0.15, 0.2) is 18.2 Å². The Kier molecular flexibility index (Phi) is 7.13. The lowest BCUT2D eigenvalue weighted by Gasteiger charge is -2.16. The fourth-order valence-corrected chi connectivity index (χ4v) is 2.34. The van der Waals surface area contributed by atoms with Crippen molar-refractivity contribution >= 4 is 40.9 Å². The van der Waals surface area contributed by atoms with E-state index in [1.165, 1.54) is 31.0 Å². The zero-order chi connectivity index (χ0) is 16.7. The number of nitro benzene ring substituents is 1. The van der Waals surface area contributed by atoms with Gasteiger partial charge in [-0.2, -0.15) is 11.8 Å². The van der Waals surface area contributed by atoms with E-state index >= 15 is 0 Å². The highest BCUT2D eigenvalue weighted by Crippen LogP contribution is 2.22. The molecule has 22 heavy (non-hydrogen) atoms. The van der Waals surface area contributed by atoms with E-state index in [0.717, 1.165) is 6.07 Å². The molecule has 1 N–H and O–H groups in total. The number of carbonyl (C=O) groups excluding carboxylic acids is 2. The molecule has 0 radical (unpaired) electrons. The number of halogens is 1. The minimum atomic E-state index is -0.833. The van der Waals surface area contributed by atoms with Crippen molar-refractivity contribution in [2.45, 2.75) is 12.5 Å². The van der Waals surface area contributed by atoms with Crippen molar-refractivity contribution in [1.29, 1.82) is 0 Å². The largest absolute Gasteiger partial charge is 0.467 e. The number of hydrogen-bond acceptors (Lipinski definition) is 6. The molecule has 0 fully saturated rings. The molecule has 9 heteroatoms. The van der Waals surface area contributed by atoms with Gasteiger partial charge in [0.2, 0.25) is 0 Å². The van der Waals surface area contributed by atoms with Gasteiger partial charge in [-0.15, -0.1) is 0 Å². The molecule has 1 amide bonds. The molecule has 0 spiro atoms. The van der Waals surface area contributed by atoms with Gasteiger partial charge in [0, 0.05) is 12.1 Å². The summed E-state index contributed by atoms with van der Waals surface area (Å²) in [6.07, 6.45) is 2.25. The second kappa shape index (κ2) is 8.60. The van der Waals surface area contributed by atoms with Gasteiger partial charge >= 0.3 is 5.97 Å². The summed E-state index contributed by atoms with van der Waals surface area (Å²) in [5.41, 5.74) is -0.317. The van der Waals surface area contributed by atoms with Crippen LogP contribution in [0, 0.1) is 10.1 Å². The number of amides is 1. The van der Waals surface area contributed by atoms with Crippen molar-refractivity contribution in [1.82, 2.24) is 5.32 Å². The van der Waals surface area contributed by atoms with E-state index in [4.69, 9.17) is 11.6 Å². The highest BCUT2D eigenvalue weighted by molar-refractivity contribution is 7.98. The molecule has 0 aliphatic carbocycles. The third kappa shape index (κ3) is 4.88. The van der Waals surface area contributed by atoms with Gasteiger partial charge < -0.3 is 10.1 Å². The third-order valence-electron chi connectivity index (χ3n) is 2.81. The Morgan fingerprint density at radius 1 is 1.50 bits per heavy atom. The van der Waals surface area contributed by atoms with Crippen LogP contribution < -0.4 is 5.32 Å². The Labute approximate surface area is 136 Å². The van der Waals surface area contributed by atoms with E-state index < -0.39 is 22.8 Å². The molecule has 0 aromatic heterocycles. The molecule has 7 nitrogen and oxygen atoms in total. The van der Waals surface area contributed by atoms with Gasteiger partial charge in [-0.3, -0.25) is 14.9 Å². The van der Waals surface area contributed by atoms with Crippen LogP contribution in [0.5, 0.6) is 0 Å². The Balaban J connectivity index is 2.96. The molecular formula is C13H15ClN2O5S. The maximum Gasteiger partial charge on any atom is 0.328 e. The fourth-order valence-electron chi connectivity index (χ4n) is 1.66. The van der Waals surface area contributed by atoms with E-state index in [2.05, 4.69) is 10.1 Å². The third-order valence-corrected chi connectivity index (χ3v) is 3.78. The number of carbonyl (C=O) groups is 2. The molecule has 1 rings (SSSR count). The summed E-state index contributed by atoms with van der Waals surface area (Å²) in [7, 11) is 1.22. The minimum absolute atomic E-state index is 0.0612. The fraction of sp³-hybridized carbons (Fsp3) is 0.385. The molecule has 0 aliphatic heterocycles. The molecule has 1 aromatic rings. The number of hydrogen-bond donors (Lipinski definition) is 1. The van der Waals surface area contributed by atoms with Gasteiger partial charge in [0.25, 0.3) is 11.6 Å². The highest BCUT2D eigenvalue weighted by atomic mass is 35.5. The number of ether oxygens (including phenoxy) is 1. The molecule has 0 unspecified atom stereocenters. The summed E-state index contributed by atoms with van der Waals surface area (Å²) in [5, 5.41) is 13.3. The monoisotopic (exact) mass is 346 g/mol. The Hall–Kier alpha value is -1.80. The van der Waals surface area contributed by atoms with Crippen molar-refractivity contribution in [3.63, 3.8) is 0 Å². The molecule has 1 atom stereocenters. The summed E-state index contributed by atoms with van der Waals surface area (Å²) in [5.74, 6) is -0.600. The first-order valence-corrected chi connectivity index (χ1v) is 7.99. The maximum absolute atomic E-state index is 12.2. The number of nitrogens with one attached hydrogen (secondary N) is 1. The predicted molar refractivity (Wildman–Crippen MR) is 84.4 cm³/mol. The maximum atomic E-state index is 12.2. The molecule has 0 saturated carbocycles. The van der Waals surface area contributed by atoms with Gasteiger partial charge in [0.1, 0.15) is 6.04 Å². The van der Waals surface area contributed by atoms with E-state index in [1.807, 2.05) is 6.26 Å². The number of rotatable bonds is 7. The van der Waals surface area contributed by atoms with Crippen LogP contribution in [0.4, 0.5) is 5.69 Å². The summed E-state index contributed by atoms with van der Waals surface area (Å²) in [4.78, 5) is 34.0. The second-order valence-corrected chi connectivity index (χ2v) is 5.64. The van der Waals surface area contributed by atoms with Crippen LogP contribution in [0.3, 0.4) is 0 Å². The highest BCUT2D eigenvalue weighted by Gasteiger charge is 2.24. The molecule has 0 bridgehead atoms. The van der Waals surface area contributed by atoms with Crippen LogP contribution in [0.2, 0.25) is 5.02 Å². The SMILES string of the molecule is COC(=O)[C@@H](CCSC)NC(=O)c1cc([N+](=O)[O-])ccc1Cl. The topological polar surface area (TPSA) is 98.5 Å². The Morgan fingerprint density at radius 2 is 2.18 bits per heavy atom. The van der Waals surface area contributed by atoms with Crippen molar-refractivity contribution in [2.75, 3.05) is 19.1 Å². The standard InChI is InChI=1S/C13H15ClN2O5S/c1-21-13(18)11(5-6-22-2)15-12(17)9-7-8(16(19)20)3-4-10(9)14/h3-4,7,11H,5-6H2,1-2H3,(H,15,17)/t11-/m1/s1. The van der Waals surface area contributed by atoms with Gasteiger partial charge in [0.15, 0.2) is 0 Å². The quantitative estimate of drug-likeness (QED) is 0.462.